The summed E-state index contributed by atoms with van der Waals surface area (Å²) in [6.45, 7) is 6.05. The number of carbonyl (C=O) groups is 1. The quantitative estimate of drug-likeness (QED) is 0.765. The van der Waals surface area contributed by atoms with Gasteiger partial charge in [0.25, 0.3) is 0 Å². The molecule has 2 fully saturated rings. The lowest BCUT2D eigenvalue weighted by Gasteiger charge is -2.37. The first-order valence-corrected chi connectivity index (χ1v) is 7.54. The third-order valence-corrected chi connectivity index (χ3v) is 4.38. The fourth-order valence-corrected chi connectivity index (χ4v) is 3.13. The number of piperidine rings is 1. The van der Waals surface area contributed by atoms with E-state index in [1.165, 1.54) is 25.7 Å². The number of amides is 1. The third kappa shape index (κ3) is 3.94. The van der Waals surface area contributed by atoms with Gasteiger partial charge in [-0.1, -0.05) is 12.8 Å². The number of nitrogens with zero attached hydrogens (tertiary/aromatic N) is 3. The molecule has 0 spiro atoms. The first-order chi connectivity index (χ1) is 9.13. The van der Waals surface area contributed by atoms with Crippen LogP contribution in [0.25, 0.3) is 0 Å². The van der Waals surface area contributed by atoms with E-state index in [1.54, 1.807) is 0 Å². The van der Waals surface area contributed by atoms with Gasteiger partial charge in [0.05, 0.1) is 18.0 Å². The van der Waals surface area contributed by atoms with E-state index in [4.69, 9.17) is 0 Å². The van der Waals surface area contributed by atoms with E-state index in [1.807, 2.05) is 11.8 Å². The molecule has 0 aliphatic carbocycles. The molecule has 2 rings (SSSR count). The van der Waals surface area contributed by atoms with Crippen LogP contribution in [0.5, 0.6) is 0 Å². The molecule has 0 N–H and O–H groups in total. The Morgan fingerprint density at radius 3 is 2.47 bits per heavy atom. The number of likely N-dealkylation sites (tertiary alicyclic amines) is 2. The Hall–Kier alpha value is -1.08. The minimum atomic E-state index is -0.341. The van der Waals surface area contributed by atoms with Gasteiger partial charge in [-0.3, -0.25) is 9.69 Å². The Labute approximate surface area is 116 Å². The van der Waals surface area contributed by atoms with Crippen LogP contribution in [0.15, 0.2) is 0 Å². The molecule has 1 atom stereocenters. The molecule has 0 unspecified atom stereocenters. The summed E-state index contributed by atoms with van der Waals surface area (Å²) in [5, 5.41) is 9.21. The Bertz CT molecular complexity index is 355. The Balaban J connectivity index is 1.87. The average Bonchev–Trinajstić information content (AvgIpc) is 2.67. The normalized spacial score (nSPS) is 29.6. The van der Waals surface area contributed by atoms with Crippen molar-refractivity contribution in [3.8, 4) is 6.07 Å². The van der Waals surface area contributed by atoms with Crippen molar-refractivity contribution in [1.82, 2.24) is 9.80 Å². The zero-order valence-corrected chi connectivity index (χ0v) is 12.0. The maximum absolute atomic E-state index is 12.4. The molecule has 2 aliphatic rings. The number of carbonyl (C=O) groups excluding carboxylic acids is 1. The Morgan fingerprint density at radius 2 is 1.84 bits per heavy atom. The molecule has 0 saturated carbocycles. The van der Waals surface area contributed by atoms with Crippen molar-refractivity contribution in [2.24, 2.45) is 5.41 Å². The molecule has 106 valence electrons. The molecule has 0 radical (unpaired) electrons. The largest absolute Gasteiger partial charge is 0.340 e. The van der Waals surface area contributed by atoms with Crippen molar-refractivity contribution >= 4 is 5.91 Å². The van der Waals surface area contributed by atoms with Crippen LogP contribution in [0.2, 0.25) is 0 Å². The van der Waals surface area contributed by atoms with Crippen LogP contribution < -0.4 is 0 Å². The topological polar surface area (TPSA) is 47.3 Å². The maximum atomic E-state index is 12.4. The summed E-state index contributed by atoms with van der Waals surface area (Å²) in [5.74, 6) is 0.211. The standard InChI is InChI=1S/C15H25N3O/c1-15(12-16)7-6-10-18(13-15)14(19)11-17-8-4-2-3-5-9-17/h2-11,13H2,1H3/t15-/m0/s1. The van der Waals surface area contributed by atoms with Crippen LogP contribution >= 0.6 is 0 Å². The molecule has 0 aromatic rings. The van der Waals surface area contributed by atoms with Crippen LogP contribution in [0.3, 0.4) is 0 Å². The second-order valence-corrected chi connectivity index (χ2v) is 6.28. The molecule has 19 heavy (non-hydrogen) atoms. The number of hydrogen-bond acceptors (Lipinski definition) is 3. The van der Waals surface area contributed by atoms with Crippen molar-refractivity contribution in [1.29, 1.82) is 5.26 Å². The van der Waals surface area contributed by atoms with E-state index >= 15 is 0 Å². The summed E-state index contributed by atoms with van der Waals surface area (Å²) in [6.07, 6.45) is 6.88. The number of rotatable bonds is 2. The first-order valence-electron chi connectivity index (χ1n) is 7.54. The molecule has 0 aromatic heterocycles. The summed E-state index contributed by atoms with van der Waals surface area (Å²) < 4.78 is 0. The van der Waals surface area contributed by atoms with E-state index in [0.29, 0.717) is 13.1 Å². The van der Waals surface area contributed by atoms with Gasteiger partial charge in [0.1, 0.15) is 0 Å². The van der Waals surface area contributed by atoms with Gasteiger partial charge in [-0.05, 0) is 45.7 Å². The minimum Gasteiger partial charge on any atom is -0.340 e. The summed E-state index contributed by atoms with van der Waals surface area (Å²) in [7, 11) is 0. The van der Waals surface area contributed by atoms with E-state index < -0.39 is 0 Å². The lowest BCUT2D eigenvalue weighted by atomic mass is 9.83. The summed E-state index contributed by atoms with van der Waals surface area (Å²) in [6, 6.07) is 2.37. The van der Waals surface area contributed by atoms with E-state index in [9.17, 15) is 10.1 Å². The summed E-state index contributed by atoms with van der Waals surface area (Å²) in [5.41, 5.74) is -0.341. The highest BCUT2D eigenvalue weighted by Gasteiger charge is 2.33. The van der Waals surface area contributed by atoms with Crippen LogP contribution in [-0.2, 0) is 4.79 Å². The molecule has 1 amide bonds. The predicted octanol–water partition coefficient (Wildman–Crippen LogP) is 2.01. The summed E-state index contributed by atoms with van der Waals surface area (Å²) in [4.78, 5) is 16.5. The second kappa shape index (κ2) is 6.38. The van der Waals surface area contributed by atoms with Crippen LogP contribution in [-0.4, -0.2) is 48.4 Å². The smallest absolute Gasteiger partial charge is 0.236 e. The fourth-order valence-electron chi connectivity index (χ4n) is 3.13. The van der Waals surface area contributed by atoms with Gasteiger partial charge in [-0.2, -0.15) is 5.26 Å². The predicted molar refractivity (Wildman–Crippen MR) is 74.4 cm³/mol. The Morgan fingerprint density at radius 1 is 1.16 bits per heavy atom. The van der Waals surface area contributed by atoms with Gasteiger partial charge in [-0.15, -0.1) is 0 Å². The molecule has 2 heterocycles. The Kier molecular flexibility index (Phi) is 4.81. The van der Waals surface area contributed by atoms with E-state index in [0.717, 1.165) is 32.5 Å². The van der Waals surface area contributed by atoms with Crippen molar-refractivity contribution in [3.63, 3.8) is 0 Å². The van der Waals surface area contributed by atoms with Crippen molar-refractivity contribution < 1.29 is 4.79 Å². The van der Waals surface area contributed by atoms with Crippen molar-refractivity contribution in [2.45, 2.75) is 45.4 Å². The van der Waals surface area contributed by atoms with Gasteiger partial charge in [0, 0.05) is 13.1 Å². The lowest BCUT2D eigenvalue weighted by Crippen LogP contribution is -2.48. The highest BCUT2D eigenvalue weighted by molar-refractivity contribution is 5.78. The van der Waals surface area contributed by atoms with Crippen LogP contribution in [0.1, 0.15) is 45.4 Å². The molecular weight excluding hydrogens is 238 g/mol. The molecule has 0 bridgehead atoms. The van der Waals surface area contributed by atoms with Crippen LogP contribution in [0, 0.1) is 16.7 Å². The van der Waals surface area contributed by atoms with Gasteiger partial charge in [0.15, 0.2) is 0 Å². The zero-order chi connectivity index (χ0) is 13.7. The van der Waals surface area contributed by atoms with Crippen molar-refractivity contribution in [2.75, 3.05) is 32.7 Å². The van der Waals surface area contributed by atoms with Gasteiger partial charge in [-0.25, -0.2) is 0 Å². The van der Waals surface area contributed by atoms with Crippen molar-refractivity contribution in [3.05, 3.63) is 0 Å². The zero-order valence-electron chi connectivity index (χ0n) is 12.0. The van der Waals surface area contributed by atoms with E-state index in [2.05, 4.69) is 11.0 Å². The molecule has 4 heteroatoms. The first kappa shape index (κ1) is 14.3. The summed E-state index contributed by atoms with van der Waals surface area (Å²) >= 11 is 0. The second-order valence-electron chi connectivity index (χ2n) is 6.28. The van der Waals surface area contributed by atoms with Gasteiger partial charge in [0.2, 0.25) is 5.91 Å². The van der Waals surface area contributed by atoms with Gasteiger partial charge >= 0.3 is 0 Å². The third-order valence-electron chi connectivity index (χ3n) is 4.38. The highest BCUT2D eigenvalue weighted by atomic mass is 16.2. The number of hydrogen-bond donors (Lipinski definition) is 0. The maximum Gasteiger partial charge on any atom is 0.236 e. The minimum absolute atomic E-state index is 0.211. The van der Waals surface area contributed by atoms with E-state index in [-0.39, 0.29) is 11.3 Å². The molecule has 2 aliphatic heterocycles. The monoisotopic (exact) mass is 263 g/mol. The molecule has 2 saturated heterocycles. The van der Waals surface area contributed by atoms with Crippen LogP contribution in [0.4, 0.5) is 0 Å². The SMILES string of the molecule is C[C@@]1(C#N)CCCN(C(=O)CN2CCCCCC2)C1. The molecular formula is C15H25N3O. The highest BCUT2D eigenvalue weighted by Crippen LogP contribution is 2.28. The molecule has 0 aromatic carbocycles. The average molecular weight is 263 g/mol. The fraction of sp³-hybridized carbons (Fsp3) is 0.867. The lowest BCUT2D eigenvalue weighted by molar-refractivity contribution is -0.134. The number of nitriles is 1. The van der Waals surface area contributed by atoms with Gasteiger partial charge < -0.3 is 4.90 Å². The molecule has 4 nitrogen and oxygen atoms in total.